The number of amides is 1. The Hall–Kier alpha value is -2.44. The van der Waals surface area contributed by atoms with Crippen LogP contribution in [0.15, 0.2) is 71.5 Å². The lowest BCUT2D eigenvalue weighted by Gasteiger charge is -2.13. The molecule has 0 aliphatic carbocycles. The molecular weight excluding hydrogens is 394 g/mol. The summed E-state index contributed by atoms with van der Waals surface area (Å²) in [5.74, 6) is -0.0760. The van der Waals surface area contributed by atoms with Gasteiger partial charge in [0.15, 0.2) is 0 Å². The molecule has 6 heteroatoms. The van der Waals surface area contributed by atoms with E-state index in [0.29, 0.717) is 12.8 Å². The van der Waals surface area contributed by atoms with Gasteiger partial charge in [0.25, 0.3) is 0 Å². The number of aliphatic hydroxyl groups is 1. The van der Waals surface area contributed by atoms with Gasteiger partial charge in [-0.05, 0) is 41.8 Å². The maximum absolute atomic E-state index is 12.0. The molecule has 1 aromatic heterocycles. The van der Waals surface area contributed by atoms with Crippen LogP contribution in [0.4, 0.5) is 0 Å². The first kappa shape index (κ1) is 18.4. The number of carbonyl (C=O) groups excluding carboxylic acids is 1. The van der Waals surface area contributed by atoms with Crippen molar-refractivity contribution in [2.75, 3.05) is 6.54 Å². The molecule has 0 spiro atoms. The van der Waals surface area contributed by atoms with E-state index in [-0.39, 0.29) is 12.5 Å². The van der Waals surface area contributed by atoms with Crippen LogP contribution in [-0.2, 0) is 11.2 Å². The summed E-state index contributed by atoms with van der Waals surface area (Å²) in [6.45, 7) is 0.190. The van der Waals surface area contributed by atoms with Crippen molar-refractivity contribution in [3.8, 4) is 5.69 Å². The number of hydrogen-bond donors (Lipinski definition) is 2. The van der Waals surface area contributed by atoms with Crippen LogP contribution in [0.5, 0.6) is 0 Å². The van der Waals surface area contributed by atoms with Crippen molar-refractivity contribution in [3.63, 3.8) is 0 Å². The first-order valence-corrected chi connectivity index (χ1v) is 9.21. The molecule has 2 N–H and O–H groups in total. The molecule has 1 atom stereocenters. The highest BCUT2D eigenvalue weighted by atomic mass is 79.9. The van der Waals surface area contributed by atoms with E-state index in [4.69, 9.17) is 0 Å². The summed E-state index contributed by atoms with van der Waals surface area (Å²) >= 11 is 3.48. The highest BCUT2D eigenvalue weighted by Crippen LogP contribution is 2.18. The Morgan fingerprint density at radius 2 is 1.92 bits per heavy atom. The molecule has 3 aromatic rings. The predicted octanol–water partition coefficient (Wildman–Crippen LogP) is 3.42. The van der Waals surface area contributed by atoms with Gasteiger partial charge in [0.2, 0.25) is 5.91 Å². The largest absolute Gasteiger partial charge is 0.387 e. The first-order valence-electron chi connectivity index (χ1n) is 8.41. The summed E-state index contributed by atoms with van der Waals surface area (Å²) in [4.78, 5) is 12.0. The molecule has 0 aliphatic rings. The minimum Gasteiger partial charge on any atom is -0.387 e. The lowest BCUT2D eigenvalue weighted by Crippen LogP contribution is -2.28. The maximum Gasteiger partial charge on any atom is 0.220 e. The van der Waals surface area contributed by atoms with E-state index < -0.39 is 6.10 Å². The standard InChI is InChI=1S/C20H20BrN3O2/c21-18-5-2-1-4-15(18)8-11-20(26)22-14-19(25)16-6-9-17(10-7-16)24-13-3-12-23-24/h1-7,9-10,12-13,19,25H,8,11,14H2,(H,22,26). The molecule has 0 aliphatic heterocycles. The third-order valence-corrected chi connectivity index (χ3v) is 4.89. The van der Waals surface area contributed by atoms with Gasteiger partial charge in [0, 0.05) is 29.8 Å². The first-order chi connectivity index (χ1) is 12.6. The number of aromatic nitrogens is 2. The summed E-state index contributed by atoms with van der Waals surface area (Å²) in [6, 6.07) is 17.2. The number of nitrogens with one attached hydrogen (secondary N) is 1. The normalized spacial score (nSPS) is 11.9. The molecule has 5 nitrogen and oxygen atoms in total. The minimum atomic E-state index is -0.742. The van der Waals surface area contributed by atoms with Crippen LogP contribution in [0.25, 0.3) is 5.69 Å². The highest BCUT2D eigenvalue weighted by molar-refractivity contribution is 9.10. The topological polar surface area (TPSA) is 67.2 Å². The zero-order valence-corrected chi connectivity index (χ0v) is 15.8. The van der Waals surface area contributed by atoms with Gasteiger partial charge in [0.1, 0.15) is 0 Å². The molecule has 2 aromatic carbocycles. The molecule has 0 saturated carbocycles. The average Bonchev–Trinajstić information content (AvgIpc) is 3.20. The summed E-state index contributed by atoms with van der Waals surface area (Å²) in [5.41, 5.74) is 2.77. The monoisotopic (exact) mass is 413 g/mol. The smallest absolute Gasteiger partial charge is 0.220 e. The highest BCUT2D eigenvalue weighted by Gasteiger charge is 2.10. The van der Waals surface area contributed by atoms with E-state index in [2.05, 4.69) is 26.3 Å². The van der Waals surface area contributed by atoms with E-state index in [1.807, 2.05) is 60.8 Å². The lowest BCUT2D eigenvalue weighted by molar-refractivity contribution is -0.121. The second-order valence-corrected chi connectivity index (χ2v) is 6.81. The van der Waals surface area contributed by atoms with Crippen LogP contribution in [0.3, 0.4) is 0 Å². The fourth-order valence-corrected chi connectivity index (χ4v) is 3.12. The summed E-state index contributed by atoms with van der Waals surface area (Å²) in [5, 5.41) is 17.2. The zero-order chi connectivity index (χ0) is 18.4. The van der Waals surface area contributed by atoms with Crippen molar-refractivity contribution in [2.24, 2.45) is 0 Å². The fraction of sp³-hybridized carbons (Fsp3) is 0.200. The van der Waals surface area contributed by atoms with Gasteiger partial charge in [-0.25, -0.2) is 4.68 Å². The number of carbonyl (C=O) groups is 1. The molecule has 1 unspecified atom stereocenters. The van der Waals surface area contributed by atoms with Gasteiger partial charge in [0.05, 0.1) is 11.8 Å². The zero-order valence-electron chi connectivity index (χ0n) is 14.2. The Morgan fingerprint density at radius 3 is 2.62 bits per heavy atom. The molecule has 1 heterocycles. The van der Waals surface area contributed by atoms with Gasteiger partial charge < -0.3 is 10.4 Å². The van der Waals surface area contributed by atoms with Crippen molar-refractivity contribution in [3.05, 3.63) is 82.6 Å². The predicted molar refractivity (Wildman–Crippen MR) is 104 cm³/mol. The Morgan fingerprint density at radius 1 is 1.15 bits per heavy atom. The molecular formula is C20H20BrN3O2. The molecule has 0 radical (unpaired) electrons. The average molecular weight is 414 g/mol. The van der Waals surface area contributed by atoms with Gasteiger partial charge in [-0.15, -0.1) is 0 Å². The molecule has 134 valence electrons. The van der Waals surface area contributed by atoms with Crippen LogP contribution in [-0.4, -0.2) is 27.3 Å². The van der Waals surface area contributed by atoms with Crippen LogP contribution in [0.2, 0.25) is 0 Å². The van der Waals surface area contributed by atoms with E-state index >= 15 is 0 Å². The van der Waals surface area contributed by atoms with Crippen molar-refractivity contribution < 1.29 is 9.90 Å². The number of aryl methyl sites for hydroxylation is 1. The fourth-order valence-electron chi connectivity index (χ4n) is 2.64. The van der Waals surface area contributed by atoms with Gasteiger partial charge in [-0.3, -0.25) is 4.79 Å². The lowest BCUT2D eigenvalue weighted by atomic mass is 10.1. The third kappa shape index (κ3) is 4.80. The second-order valence-electron chi connectivity index (χ2n) is 5.95. The van der Waals surface area contributed by atoms with Crippen molar-refractivity contribution >= 4 is 21.8 Å². The Labute approximate surface area is 160 Å². The molecule has 26 heavy (non-hydrogen) atoms. The Kier molecular flexibility index (Phi) is 6.20. The van der Waals surface area contributed by atoms with Crippen molar-refractivity contribution in [2.45, 2.75) is 18.9 Å². The number of hydrogen-bond acceptors (Lipinski definition) is 3. The van der Waals surface area contributed by atoms with Crippen LogP contribution >= 0.6 is 15.9 Å². The van der Waals surface area contributed by atoms with Crippen LogP contribution in [0.1, 0.15) is 23.7 Å². The van der Waals surface area contributed by atoms with Gasteiger partial charge in [-0.2, -0.15) is 5.10 Å². The quantitative estimate of drug-likeness (QED) is 0.623. The number of halogens is 1. The van der Waals surface area contributed by atoms with Crippen molar-refractivity contribution in [1.82, 2.24) is 15.1 Å². The summed E-state index contributed by atoms with van der Waals surface area (Å²) in [7, 11) is 0. The SMILES string of the molecule is O=C(CCc1ccccc1Br)NCC(O)c1ccc(-n2cccn2)cc1. The number of nitrogens with zero attached hydrogens (tertiary/aromatic N) is 2. The third-order valence-electron chi connectivity index (χ3n) is 4.12. The number of benzene rings is 2. The molecule has 0 fully saturated rings. The van der Waals surface area contributed by atoms with Crippen molar-refractivity contribution in [1.29, 1.82) is 0 Å². The van der Waals surface area contributed by atoms with Crippen LogP contribution in [0, 0.1) is 0 Å². The van der Waals surface area contributed by atoms with E-state index in [1.165, 1.54) is 0 Å². The molecule has 0 bridgehead atoms. The van der Waals surface area contributed by atoms with Gasteiger partial charge in [-0.1, -0.05) is 46.3 Å². The second kappa shape index (κ2) is 8.78. The molecule has 1 amide bonds. The Balaban J connectivity index is 1.48. The molecule has 3 rings (SSSR count). The molecule has 0 saturated heterocycles. The van der Waals surface area contributed by atoms with E-state index in [9.17, 15) is 9.90 Å². The van der Waals surface area contributed by atoms with E-state index in [1.54, 1.807) is 10.9 Å². The summed E-state index contributed by atoms with van der Waals surface area (Å²) < 4.78 is 2.75. The van der Waals surface area contributed by atoms with Gasteiger partial charge >= 0.3 is 0 Å². The minimum absolute atomic E-state index is 0.0760. The Bertz CT molecular complexity index is 848. The number of aliphatic hydroxyl groups excluding tert-OH is 1. The summed E-state index contributed by atoms with van der Waals surface area (Å²) in [6.07, 6.45) is 3.87. The maximum atomic E-state index is 12.0. The van der Waals surface area contributed by atoms with Crippen LogP contribution < -0.4 is 5.32 Å². The number of rotatable bonds is 7. The van der Waals surface area contributed by atoms with E-state index in [0.717, 1.165) is 21.3 Å².